The fraction of sp³-hybridized carbons (Fsp3) is 0.435. The SMILES string of the molecule is C.C.C.C.CO.COc1ccc(-c2ccncc2)cc1C=O.COc1ccc(-c2ccncc2)cc1CNC1CCC(=O)CC1.COc1ccc(-c2ccncc2)cc1CNC1CCC(O)CC1.NC1CCC(O)CC1. The van der Waals surface area contributed by atoms with Gasteiger partial charge in [0, 0.05) is 99.5 Å². The summed E-state index contributed by atoms with van der Waals surface area (Å²) in [5.74, 6) is 2.78. The third kappa shape index (κ3) is 22.1. The predicted octanol–water partition coefficient (Wildman–Crippen LogP) is 11.5. The van der Waals surface area contributed by atoms with Gasteiger partial charge in [-0.25, -0.2) is 0 Å². The summed E-state index contributed by atoms with van der Waals surface area (Å²) in [7, 11) is 5.96. The second-order valence-electron chi connectivity index (χ2n) is 18.0. The molecule has 14 nitrogen and oxygen atoms in total. The smallest absolute Gasteiger partial charge is 0.153 e. The summed E-state index contributed by atoms with van der Waals surface area (Å²) < 4.78 is 16.1. The van der Waals surface area contributed by atoms with Crippen LogP contribution >= 0.6 is 0 Å². The number of hydrogen-bond donors (Lipinski definition) is 6. The summed E-state index contributed by atoms with van der Waals surface area (Å²) in [5, 5.41) is 32.8. The highest BCUT2D eigenvalue weighted by Crippen LogP contribution is 2.30. The number of nitrogens with zero attached hydrogens (tertiary/aromatic N) is 3. The Kier molecular flexibility index (Phi) is 33.3. The van der Waals surface area contributed by atoms with Gasteiger partial charge in [0.2, 0.25) is 0 Å². The van der Waals surface area contributed by atoms with Gasteiger partial charge in [0.15, 0.2) is 6.29 Å². The van der Waals surface area contributed by atoms with Crippen molar-refractivity contribution in [3.05, 3.63) is 145 Å². The first-order valence-electron chi connectivity index (χ1n) is 24.9. The molecule has 0 spiro atoms. The van der Waals surface area contributed by atoms with E-state index < -0.39 is 0 Å². The number of methoxy groups -OCH3 is 3. The van der Waals surface area contributed by atoms with Crippen molar-refractivity contribution in [2.24, 2.45) is 5.73 Å². The van der Waals surface area contributed by atoms with Crippen LogP contribution in [0, 0.1) is 0 Å². The minimum Gasteiger partial charge on any atom is -0.496 e. The fourth-order valence-electron chi connectivity index (χ4n) is 8.87. The van der Waals surface area contributed by atoms with E-state index in [4.69, 9.17) is 30.2 Å². The number of carbonyl (C=O) groups excluding carboxylic acids is 2. The number of ether oxygens (including phenoxy) is 3. The van der Waals surface area contributed by atoms with Gasteiger partial charge in [0.05, 0.1) is 39.1 Å². The lowest BCUT2D eigenvalue weighted by Gasteiger charge is -2.26. The van der Waals surface area contributed by atoms with Crippen LogP contribution in [-0.2, 0) is 17.9 Å². The average molecular weight is 1050 g/mol. The molecule has 0 bridgehead atoms. The van der Waals surface area contributed by atoms with E-state index in [0.717, 1.165) is 141 Å². The van der Waals surface area contributed by atoms with Crippen molar-refractivity contribution in [3.63, 3.8) is 0 Å². The van der Waals surface area contributed by atoms with Gasteiger partial charge in [-0.2, -0.15) is 0 Å². The van der Waals surface area contributed by atoms with Crippen molar-refractivity contribution in [2.45, 2.75) is 150 Å². The van der Waals surface area contributed by atoms with Crippen LogP contribution in [0.4, 0.5) is 0 Å². The maximum Gasteiger partial charge on any atom is 0.153 e. The Labute approximate surface area is 454 Å². The first kappa shape index (κ1) is 67.6. The van der Waals surface area contributed by atoms with Crippen LogP contribution in [0.25, 0.3) is 33.4 Å². The molecule has 3 aromatic carbocycles. The number of nitrogens with two attached hydrogens (primary N) is 1. The van der Waals surface area contributed by atoms with Gasteiger partial charge in [-0.05, 0) is 170 Å². The molecule has 14 heteroatoms. The Hall–Kier alpha value is -6.39. The minimum atomic E-state index is -0.113. The third-order valence-corrected chi connectivity index (χ3v) is 13.1. The molecule has 0 unspecified atom stereocenters. The van der Waals surface area contributed by atoms with Gasteiger partial charge in [-0.15, -0.1) is 0 Å². The summed E-state index contributed by atoms with van der Waals surface area (Å²) in [4.78, 5) is 34.3. The second kappa shape index (κ2) is 37.4. The fourth-order valence-corrected chi connectivity index (χ4v) is 8.87. The number of benzene rings is 3. The van der Waals surface area contributed by atoms with Gasteiger partial charge in [-0.3, -0.25) is 24.5 Å². The molecule has 0 aliphatic heterocycles. The largest absolute Gasteiger partial charge is 0.496 e. The van der Waals surface area contributed by atoms with E-state index in [9.17, 15) is 14.7 Å². The molecular weight excluding hydrogens is 957 g/mol. The first-order chi connectivity index (χ1) is 35.2. The number of aromatic nitrogens is 3. The van der Waals surface area contributed by atoms with Crippen molar-refractivity contribution in [1.82, 2.24) is 25.6 Å². The Morgan fingerprint density at radius 3 is 1.20 bits per heavy atom. The van der Waals surface area contributed by atoms with Crippen molar-refractivity contribution in [3.8, 4) is 50.6 Å². The molecule has 9 rings (SSSR count). The molecule has 0 saturated heterocycles. The number of hydrogen-bond acceptors (Lipinski definition) is 14. The second-order valence-corrected chi connectivity index (χ2v) is 18.0. The van der Waals surface area contributed by atoms with Crippen LogP contribution in [0.3, 0.4) is 0 Å². The molecule has 0 amide bonds. The first-order valence-corrected chi connectivity index (χ1v) is 24.9. The van der Waals surface area contributed by atoms with Crippen LogP contribution in [0.15, 0.2) is 128 Å². The highest BCUT2D eigenvalue weighted by atomic mass is 16.5. The quantitative estimate of drug-likeness (QED) is 0.0595. The van der Waals surface area contributed by atoms with Crippen molar-refractivity contribution < 1.29 is 39.1 Å². The standard InChI is InChI=1S/C19H24N2O2.C19H22N2O2.C13H11NO2.C6H13NO.CH4O.4CH4/c2*1-23-19-7-2-15(14-8-10-20-11-9-14)12-16(19)13-21-17-3-5-18(22)6-4-17;1-16-13-3-2-11(8-12(13)9-15)10-4-6-14-7-5-10;7-5-1-3-6(8)4-2-5;1-2;;;;/h2,7-12,17-18,21-22H,3-6,13H2,1H3;2,7-12,17,21H,3-6,13H2,1H3;2-9H,1H3;5-6,8H,1-4,7H2;2H,1H3;4*1H4. The summed E-state index contributed by atoms with van der Waals surface area (Å²) in [6.45, 7) is 1.53. The number of aldehydes is 1. The zero-order chi connectivity index (χ0) is 51.5. The van der Waals surface area contributed by atoms with E-state index in [-0.39, 0.29) is 41.9 Å². The van der Waals surface area contributed by atoms with E-state index in [0.29, 0.717) is 48.1 Å². The summed E-state index contributed by atoms with van der Waals surface area (Å²) in [5.41, 5.74) is 15.1. The Balaban J connectivity index is 0.000000516. The number of aliphatic hydroxyl groups excluding tert-OH is 3. The summed E-state index contributed by atoms with van der Waals surface area (Å²) in [6, 6.07) is 31.1. The van der Waals surface area contributed by atoms with Gasteiger partial charge < -0.3 is 45.9 Å². The maximum atomic E-state index is 11.3. The summed E-state index contributed by atoms with van der Waals surface area (Å²) in [6.07, 6.45) is 22.2. The lowest BCUT2D eigenvalue weighted by Crippen LogP contribution is -2.34. The van der Waals surface area contributed by atoms with Crippen molar-refractivity contribution in [2.75, 3.05) is 28.4 Å². The van der Waals surface area contributed by atoms with Gasteiger partial charge in [0.25, 0.3) is 0 Å². The van der Waals surface area contributed by atoms with E-state index in [1.54, 1.807) is 58.2 Å². The van der Waals surface area contributed by atoms with Crippen molar-refractivity contribution >= 4 is 12.1 Å². The Morgan fingerprint density at radius 1 is 0.500 bits per heavy atom. The highest BCUT2D eigenvalue weighted by Gasteiger charge is 2.21. The Morgan fingerprint density at radius 2 is 0.842 bits per heavy atom. The molecule has 0 radical (unpaired) electrons. The van der Waals surface area contributed by atoms with Crippen LogP contribution in [0.1, 0.15) is 128 Å². The van der Waals surface area contributed by atoms with Crippen LogP contribution < -0.4 is 30.6 Å². The third-order valence-electron chi connectivity index (χ3n) is 13.1. The van der Waals surface area contributed by atoms with Crippen LogP contribution in [0.5, 0.6) is 17.2 Å². The van der Waals surface area contributed by atoms with Crippen LogP contribution in [-0.4, -0.2) is 101 Å². The lowest BCUT2D eigenvalue weighted by molar-refractivity contribution is -0.120. The molecule has 3 saturated carbocycles. The van der Waals surface area contributed by atoms with Crippen molar-refractivity contribution in [1.29, 1.82) is 0 Å². The molecular formula is C62H90N6O8. The number of carbonyl (C=O) groups is 2. The monoisotopic (exact) mass is 1050 g/mol. The number of ketones is 1. The minimum absolute atomic E-state index is 0. The molecule has 3 aliphatic rings. The molecule has 6 aromatic rings. The molecule has 3 aromatic heterocycles. The molecule has 416 valence electrons. The Bertz CT molecular complexity index is 2470. The lowest BCUT2D eigenvalue weighted by atomic mass is 9.93. The number of rotatable bonds is 13. The number of Topliss-reactive ketones (excluding diaryl/α,β-unsaturated/α-hetero) is 1. The average Bonchev–Trinajstić information content (AvgIpc) is 3.45. The van der Waals surface area contributed by atoms with E-state index in [1.165, 1.54) is 5.56 Å². The molecule has 7 N–H and O–H groups in total. The van der Waals surface area contributed by atoms with Gasteiger partial charge in [0.1, 0.15) is 23.0 Å². The number of nitrogens with one attached hydrogen (secondary N) is 2. The number of pyridine rings is 3. The normalized spacial score (nSPS) is 17.4. The topological polar surface area (TPSA) is 211 Å². The van der Waals surface area contributed by atoms with Gasteiger partial charge in [-0.1, -0.05) is 47.9 Å². The molecule has 3 fully saturated rings. The highest BCUT2D eigenvalue weighted by molar-refractivity contribution is 5.83. The van der Waals surface area contributed by atoms with E-state index in [2.05, 4.69) is 49.9 Å². The van der Waals surface area contributed by atoms with Gasteiger partial charge >= 0.3 is 0 Å². The molecule has 3 aliphatic carbocycles. The molecule has 0 atom stereocenters. The predicted molar refractivity (Wildman–Crippen MR) is 311 cm³/mol. The molecule has 76 heavy (non-hydrogen) atoms. The summed E-state index contributed by atoms with van der Waals surface area (Å²) >= 11 is 0. The van der Waals surface area contributed by atoms with E-state index >= 15 is 0 Å². The van der Waals surface area contributed by atoms with E-state index in [1.807, 2.05) is 67.0 Å². The zero-order valence-corrected chi connectivity index (χ0v) is 42.3. The number of aliphatic hydroxyl groups is 3. The molecule has 3 heterocycles. The van der Waals surface area contributed by atoms with Crippen LogP contribution in [0.2, 0.25) is 0 Å². The maximum absolute atomic E-state index is 11.3. The zero-order valence-electron chi connectivity index (χ0n) is 42.3.